The molecular weight excluding hydrogens is 542 g/mol. The molecule has 214 valence electrons. The molecule has 1 fully saturated rings. The van der Waals surface area contributed by atoms with E-state index in [-0.39, 0.29) is 11.9 Å². The van der Waals surface area contributed by atoms with Gasteiger partial charge < -0.3 is 20.3 Å². The van der Waals surface area contributed by atoms with E-state index < -0.39 is 6.10 Å². The zero-order valence-electron chi connectivity index (χ0n) is 23.3. The van der Waals surface area contributed by atoms with Crippen LogP contribution in [0.1, 0.15) is 30.7 Å². The van der Waals surface area contributed by atoms with E-state index in [2.05, 4.69) is 15.9 Å². The molecule has 1 saturated heterocycles. The van der Waals surface area contributed by atoms with Crippen molar-refractivity contribution in [3.63, 3.8) is 0 Å². The topological polar surface area (TPSA) is 121 Å². The van der Waals surface area contributed by atoms with Crippen LogP contribution in [0.4, 0.5) is 11.4 Å². The Hall–Kier alpha value is -4.07. The van der Waals surface area contributed by atoms with Gasteiger partial charge in [-0.3, -0.25) is 19.2 Å². The second kappa shape index (κ2) is 12.2. The molecule has 10 nitrogen and oxygen atoms in total. The van der Waals surface area contributed by atoms with E-state index in [0.29, 0.717) is 48.9 Å². The van der Waals surface area contributed by atoms with E-state index in [0.717, 1.165) is 54.4 Å². The molecule has 1 aromatic heterocycles. The third-order valence-electron chi connectivity index (χ3n) is 7.76. The number of carbonyl (C=O) groups is 2. The fourth-order valence-corrected chi connectivity index (χ4v) is 5.81. The number of carbonyl (C=O) groups excluding carboxylic acids is 2. The van der Waals surface area contributed by atoms with Gasteiger partial charge in [0.2, 0.25) is 5.91 Å². The maximum atomic E-state index is 12.2. The summed E-state index contributed by atoms with van der Waals surface area (Å²) in [7, 11) is 0. The molecule has 11 heteroatoms. The quantitative estimate of drug-likeness (QED) is 0.336. The zero-order chi connectivity index (χ0) is 29.1. The van der Waals surface area contributed by atoms with Crippen molar-refractivity contribution in [3.8, 4) is 17.3 Å². The Balaban J connectivity index is 1.36. The third-order valence-corrected chi connectivity index (χ3v) is 8.10. The van der Waals surface area contributed by atoms with Crippen LogP contribution >= 0.6 is 11.6 Å². The Morgan fingerprint density at radius 2 is 1.85 bits per heavy atom. The average Bonchev–Trinajstić information content (AvgIpc) is 3.32. The van der Waals surface area contributed by atoms with Gasteiger partial charge in [-0.25, -0.2) is 0 Å². The number of esters is 1. The van der Waals surface area contributed by atoms with Crippen molar-refractivity contribution >= 4 is 34.9 Å². The first-order valence-corrected chi connectivity index (χ1v) is 14.1. The molecule has 3 heterocycles. The monoisotopic (exact) mass is 575 g/mol. The van der Waals surface area contributed by atoms with Gasteiger partial charge >= 0.3 is 5.97 Å². The number of nitrogen functional groups attached to an aromatic ring is 1. The lowest BCUT2D eigenvalue weighted by Crippen LogP contribution is -2.50. The van der Waals surface area contributed by atoms with E-state index >= 15 is 0 Å². The standard InChI is InChI=1S/C30H34ClN7O3/c1-20(39)37-10-9-29-25(19-37)30(22-7-8-26(31)27(33)15-22)34-38(29)18-24(41-21(2)40)17-35-11-13-36(14-12-35)28-6-4-3-5-23(28)16-32/h3-8,15,24H,9-14,17-19,33H2,1-2H3. The van der Waals surface area contributed by atoms with Crippen molar-refractivity contribution in [1.82, 2.24) is 19.6 Å². The van der Waals surface area contributed by atoms with Crippen molar-refractivity contribution in [2.75, 3.05) is 49.9 Å². The molecule has 1 atom stereocenters. The van der Waals surface area contributed by atoms with Gasteiger partial charge in [-0.1, -0.05) is 29.8 Å². The van der Waals surface area contributed by atoms with Gasteiger partial charge in [0, 0.05) is 82.9 Å². The van der Waals surface area contributed by atoms with E-state index in [1.807, 2.05) is 39.9 Å². The van der Waals surface area contributed by atoms with E-state index in [9.17, 15) is 14.9 Å². The minimum absolute atomic E-state index is 0.0132. The van der Waals surface area contributed by atoms with Crippen LogP contribution in [0.5, 0.6) is 0 Å². The Morgan fingerprint density at radius 3 is 2.54 bits per heavy atom. The molecule has 0 bridgehead atoms. The first-order valence-electron chi connectivity index (χ1n) is 13.8. The molecule has 2 aliphatic rings. The molecule has 0 aliphatic carbocycles. The zero-order valence-corrected chi connectivity index (χ0v) is 24.1. The molecule has 1 unspecified atom stereocenters. The highest BCUT2D eigenvalue weighted by molar-refractivity contribution is 6.33. The van der Waals surface area contributed by atoms with Gasteiger partial charge in [0.15, 0.2) is 0 Å². The highest BCUT2D eigenvalue weighted by Crippen LogP contribution is 2.33. The Kier molecular flexibility index (Phi) is 8.47. The van der Waals surface area contributed by atoms with Gasteiger partial charge in [-0.2, -0.15) is 10.4 Å². The fourth-order valence-electron chi connectivity index (χ4n) is 5.70. The van der Waals surface area contributed by atoms with Crippen molar-refractivity contribution < 1.29 is 14.3 Å². The maximum absolute atomic E-state index is 12.2. The van der Waals surface area contributed by atoms with Gasteiger partial charge in [0.1, 0.15) is 12.2 Å². The average molecular weight is 576 g/mol. The Morgan fingerprint density at radius 1 is 1.10 bits per heavy atom. The molecule has 2 aromatic carbocycles. The number of anilines is 2. The number of halogens is 1. The highest BCUT2D eigenvalue weighted by atomic mass is 35.5. The third kappa shape index (κ3) is 6.32. The number of hydrogen-bond acceptors (Lipinski definition) is 8. The van der Waals surface area contributed by atoms with Crippen molar-refractivity contribution in [3.05, 3.63) is 64.3 Å². The van der Waals surface area contributed by atoms with E-state index in [1.165, 1.54) is 6.92 Å². The molecule has 3 aromatic rings. The molecular formula is C30H34ClN7O3. The summed E-state index contributed by atoms with van der Waals surface area (Å²) in [5.74, 6) is -0.328. The molecule has 41 heavy (non-hydrogen) atoms. The molecule has 0 radical (unpaired) electrons. The smallest absolute Gasteiger partial charge is 0.303 e. The molecule has 5 rings (SSSR count). The van der Waals surface area contributed by atoms with E-state index in [1.54, 1.807) is 19.1 Å². The first-order chi connectivity index (χ1) is 19.7. The second-order valence-corrected chi connectivity index (χ2v) is 10.9. The van der Waals surface area contributed by atoms with Crippen molar-refractivity contribution in [1.29, 1.82) is 5.26 Å². The van der Waals surface area contributed by atoms with Gasteiger partial charge in [-0.15, -0.1) is 0 Å². The van der Waals surface area contributed by atoms with Gasteiger partial charge in [0.25, 0.3) is 0 Å². The summed E-state index contributed by atoms with van der Waals surface area (Å²) >= 11 is 6.18. The second-order valence-electron chi connectivity index (χ2n) is 10.5. The Bertz CT molecular complexity index is 1490. The van der Waals surface area contributed by atoms with Crippen LogP contribution in [-0.2, 0) is 33.8 Å². The number of nitriles is 1. The minimum atomic E-state index is -0.414. The van der Waals surface area contributed by atoms with Crippen LogP contribution in [0.3, 0.4) is 0 Å². The summed E-state index contributed by atoms with van der Waals surface area (Å²) in [5.41, 5.74) is 11.8. The number of rotatable bonds is 7. The lowest BCUT2D eigenvalue weighted by Gasteiger charge is -2.37. The summed E-state index contributed by atoms with van der Waals surface area (Å²) < 4.78 is 7.74. The Labute approximate surface area is 244 Å². The predicted octanol–water partition coefficient (Wildman–Crippen LogP) is 3.32. The fraction of sp³-hybridized carbons (Fsp3) is 0.400. The molecule has 2 aliphatic heterocycles. The molecule has 1 amide bonds. The number of aromatic nitrogens is 2. The number of amides is 1. The van der Waals surface area contributed by atoms with Crippen LogP contribution in [-0.4, -0.2) is 76.8 Å². The predicted molar refractivity (Wildman–Crippen MR) is 157 cm³/mol. The van der Waals surface area contributed by atoms with Crippen LogP contribution in [0.2, 0.25) is 5.02 Å². The molecule has 0 spiro atoms. The number of benzene rings is 2. The number of para-hydroxylation sites is 1. The maximum Gasteiger partial charge on any atom is 0.303 e. The number of fused-ring (bicyclic) bond motifs is 1. The van der Waals surface area contributed by atoms with E-state index in [4.69, 9.17) is 27.2 Å². The number of ether oxygens (including phenoxy) is 1. The summed E-state index contributed by atoms with van der Waals surface area (Å²) in [5, 5.41) is 14.9. The number of hydrogen-bond donors (Lipinski definition) is 1. The summed E-state index contributed by atoms with van der Waals surface area (Å²) in [6.07, 6.45) is 0.234. The lowest BCUT2D eigenvalue weighted by atomic mass is 10.0. The lowest BCUT2D eigenvalue weighted by molar-refractivity contribution is -0.148. The summed E-state index contributed by atoms with van der Waals surface area (Å²) in [4.78, 5) is 30.6. The largest absolute Gasteiger partial charge is 0.459 e. The van der Waals surface area contributed by atoms with Gasteiger partial charge in [0.05, 0.1) is 34.2 Å². The molecule has 0 saturated carbocycles. The summed E-state index contributed by atoms with van der Waals surface area (Å²) in [6, 6.07) is 15.4. The number of nitrogens with two attached hydrogens (primary N) is 1. The summed E-state index contributed by atoms with van der Waals surface area (Å²) in [6.45, 7) is 8.09. The molecule has 2 N–H and O–H groups in total. The van der Waals surface area contributed by atoms with Crippen LogP contribution in [0.25, 0.3) is 11.3 Å². The van der Waals surface area contributed by atoms with Crippen LogP contribution in [0.15, 0.2) is 42.5 Å². The normalized spacial score (nSPS) is 16.1. The number of piperazine rings is 1. The first kappa shape index (κ1) is 28.5. The SMILES string of the molecule is CC(=O)OC(CN1CCN(c2ccccc2C#N)CC1)Cn1nc(-c2ccc(Cl)c(N)c2)c2c1CCN(C(C)=O)C2. The van der Waals surface area contributed by atoms with Crippen molar-refractivity contribution in [2.24, 2.45) is 0 Å². The minimum Gasteiger partial charge on any atom is -0.459 e. The van der Waals surface area contributed by atoms with Gasteiger partial charge in [-0.05, 0) is 24.3 Å². The highest BCUT2D eigenvalue weighted by Gasteiger charge is 2.30. The van der Waals surface area contributed by atoms with Crippen molar-refractivity contribution in [2.45, 2.75) is 39.5 Å². The van der Waals surface area contributed by atoms with Crippen LogP contribution < -0.4 is 10.6 Å². The van der Waals surface area contributed by atoms with Crippen LogP contribution in [0, 0.1) is 11.3 Å². The number of nitrogens with zero attached hydrogens (tertiary/aromatic N) is 6.